The maximum Gasteiger partial charge on any atom is 0.227 e. The maximum absolute atomic E-state index is 13.6. The minimum absolute atomic E-state index is 0. The molecule has 0 aliphatic carbocycles. The molecule has 0 aromatic heterocycles. The summed E-state index contributed by atoms with van der Waals surface area (Å²) in [6.07, 6.45) is 1.13. The van der Waals surface area contributed by atoms with Gasteiger partial charge in [-0.2, -0.15) is 0 Å². The van der Waals surface area contributed by atoms with Crippen LogP contribution in [0.3, 0.4) is 0 Å². The zero-order valence-corrected chi connectivity index (χ0v) is 13.2. The van der Waals surface area contributed by atoms with E-state index in [4.69, 9.17) is 10.5 Å². The number of amides is 1. The van der Waals surface area contributed by atoms with Gasteiger partial charge in [0.2, 0.25) is 5.91 Å². The molecule has 2 rings (SSSR count). The standard InChI is InChI=1S/C15H21FN2O2.ClH/c1-15(9-17)5-6-18(10-15)14(19)8-11-3-4-13(20-2)12(16)7-11;/h3-4,7H,5-6,8-10,17H2,1-2H3;1H. The number of carbonyl (C=O) groups is 1. The van der Waals surface area contributed by atoms with Gasteiger partial charge in [-0.3, -0.25) is 4.79 Å². The van der Waals surface area contributed by atoms with Crippen LogP contribution >= 0.6 is 12.4 Å². The fraction of sp³-hybridized carbons (Fsp3) is 0.533. The van der Waals surface area contributed by atoms with Crippen molar-refractivity contribution in [1.82, 2.24) is 4.90 Å². The van der Waals surface area contributed by atoms with Crippen LogP contribution in [-0.4, -0.2) is 37.6 Å². The average Bonchev–Trinajstić information content (AvgIpc) is 2.83. The smallest absolute Gasteiger partial charge is 0.227 e. The Morgan fingerprint density at radius 2 is 2.24 bits per heavy atom. The average molecular weight is 317 g/mol. The molecule has 0 radical (unpaired) electrons. The lowest BCUT2D eigenvalue weighted by atomic mass is 9.90. The van der Waals surface area contributed by atoms with Gasteiger partial charge in [0.05, 0.1) is 13.5 Å². The molecule has 4 nitrogen and oxygen atoms in total. The second kappa shape index (κ2) is 7.09. The highest BCUT2D eigenvalue weighted by Gasteiger charge is 2.34. The summed E-state index contributed by atoms with van der Waals surface area (Å²) in [4.78, 5) is 14.0. The maximum atomic E-state index is 13.6. The molecule has 1 atom stereocenters. The number of ether oxygens (including phenoxy) is 1. The van der Waals surface area contributed by atoms with Gasteiger partial charge >= 0.3 is 0 Å². The number of halogens is 2. The summed E-state index contributed by atoms with van der Waals surface area (Å²) in [6, 6.07) is 4.62. The van der Waals surface area contributed by atoms with E-state index in [-0.39, 0.29) is 35.9 Å². The molecule has 1 aromatic carbocycles. The number of nitrogens with zero attached hydrogens (tertiary/aromatic N) is 1. The largest absolute Gasteiger partial charge is 0.494 e. The summed E-state index contributed by atoms with van der Waals surface area (Å²) in [5, 5.41) is 0. The molecule has 1 aromatic rings. The fourth-order valence-electron chi connectivity index (χ4n) is 2.51. The number of benzene rings is 1. The van der Waals surface area contributed by atoms with Gasteiger partial charge in [0.25, 0.3) is 0 Å². The molecule has 0 spiro atoms. The molecule has 0 saturated carbocycles. The van der Waals surface area contributed by atoms with Crippen LogP contribution in [0.15, 0.2) is 18.2 Å². The van der Waals surface area contributed by atoms with E-state index >= 15 is 0 Å². The highest BCUT2D eigenvalue weighted by molar-refractivity contribution is 5.85. The van der Waals surface area contributed by atoms with Crippen molar-refractivity contribution in [2.24, 2.45) is 11.1 Å². The topological polar surface area (TPSA) is 55.6 Å². The van der Waals surface area contributed by atoms with Crippen molar-refractivity contribution >= 4 is 18.3 Å². The van der Waals surface area contributed by atoms with Crippen LogP contribution in [0.2, 0.25) is 0 Å². The van der Waals surface area contributed by atoms with E-state index < -0.39 is 5.82 Å². The van der Waals surface area contributed by atoms with Crippen molar-refractivity contribution in [3.05, 3.63) is 29.6 Å². The van der Waals surface area contributed by atoms with Gasteiger partial charge in [-0.1, -0.05) is 13.0 Å². The second-order valence-corrected chi connectivity index (χ2v) is 5.73. The molecule has 1 aliphatic rings. The molecule has 1 fully saturated rings. The van der Waals surface area contributed by atoms with Gasteiger partial charge in [0, 0.05) is 13.1 Å². The van der Waals surface area contributed by atoms with Crippen LogP contribution < -0.4 is 10.5 Å². The van der Waals surface area contributed by atoms with Crippen molar-refractivity contribution in [3.8, 4) is 5.75 Å². The Hall–Kier alpha value is -1.33. The summed E-state index contributed by atoms with van der Waals surface area (Å²) >= 11 is 0. The highest BCUT2D eigenvalue weighted by Crippen LogP contribution is 2.29. The van der Waals surface area contributed by atoms with E-state index in [0.717, 1.165) is 13.0 Å². The number of hydrogen-bond donors (Lipinski definition) is 1. The van der Waals surface area contributed by atoms with Crippen LogP contribution in [0.1, 0.15) is 18.9 Å². The minimum atomic E-state index is -0.439. The first-order chi connectivity index (χ1) is 9.47. The Labute approximate surface area is 130 Å². The van der Waals surface area contributed by atoms with Gasteiger partial charge < -0.3 is 15.4 Å². The van der Waals surface area contributed by atoms with E-state index in [0.29, 0.717) is 18.7 Å². The molecule has 6 heteroatoms. The number of nitrogens with two attached hydrogens (primary N) is 1. The summed E-state index contributed by atoms with van der Waals surface area (Å²) in [5.74, 6) is -0.226. The summed E-state index contributed by atoms with van der Waals surface area (Å²) in [7, 11) is 1.42. The first kappa shape index (κ1) is 17.7. The molecule has 118 valence electrons. The highest BCUT2D eigenvalue weighted by atomic mass is 35.5. The molecule has 2 N–H and O–H groups in total. The van der Waals surface area contributed by atoms with Crippen molar-refractivity contribution < 1.29 is 13.9 Å². The van der Waals surface area contributed by atoms with E-state index in [2.05, 4.69) is 6.92 Å². The number of carbonyl (C=O) groups excluding carboxylic acids is 1. The summed E-state index contributed by atoms with van der Waals surface area (Å²) < 4.78 is 18.5. The summed E-state index contributed by atoms with van der Waals surface area (Å²) in [5.41, 5.74) is 6.41. The molecule has 1 heterocycles. The van der Waals surface area contributed by atoms with Gasteiger partial charge in [0.1, 0.15) is 0 Å². The lowest BCUT2D eigenvalue weighted by Gasteiger charge is -2.22. The van der Waals surface area contributed by atoms with Crippen molar-refractivity contribution in [1.29, 1.82) is 0 Å². The summed E-state index contributed by atoms with van der Waals surface area (Å²) in [6.45, 7) is 4.08. The Kier molecular flexibility index (Phi) is 5.98. The van der Waals surface area contributed by atoms with Crippen molar-refractivity contribution in [3.63, 3.8) is 0 Å². The van der Waals surface area contributed by atoms with Crippen LogP contribution in [0.5, 0.6) is 5.75 Å². The van der Waals surface area contributed by atoms with Gasteiger partial charge in [-0.15, -0.1) is 12.4 Å². The quantitative estimate of drug-likeness (QED) is 0.924. The minimum Gasteiger partial charge on any atom is -0.494 e. The Morgan fingerprint density at radius 1 is 1.52 bits per heavy atom. The first-order valence-corrected chi connectivity index (χ1v) is 6.78. The zero-order chi connectivity index (χ0) is 14.8. The molecule has 1 amide bonds. The normalized spacial score (nSPS) is 21.0. The molecule has 1 aliphatic heterocycles. The Morgan fingerprint density at radius 3 is 2.76 bits per heavy atom. The van der Waals surface area contributed by atoms with Crippen molar-refractivity contribution in [2.45, 2.75) is 19.8 Å². The first-order valence-electron chi connectivity index (χ1n) is 6.78. The second-order valence-electron chi connectivity index (χ2n) is 5.73. The molecular formula is C15H22ClFN2O2. The lowest BCUT2D eigenvalue weighted by Crippen LogP contribution is -2.35. The monoisotopic (exact) mass is 316 g/mol. The van der Waals surface area contributed by atoms with Crippen LogP contribution in [0, 0.1) is 11.2 Å². The van der Waals surface area contributed by atoms with E-state index in [1.54, 1.807) is 12.1 Å². The van der Waals surface area contributed by atoms with E-state index in [9.17, 15) is 9.18 Å². The lowest BCUT2D eigenvalue weighted by molar-refractivity contribution is -0.129. The van der Waals surface area contributed by atoms with Crippen LogP contribution in [-0.2, 0) is 11.2 Å². The van der Waals surface area contributed by atoms with Crippen molar-refractivity contribution in [2.75, 3.05) is 26.7 Å². The third kappa shape index (κ3) is 4.08. The predicted molar refractivity (Wildman–Crippen MR) is 82.3 cm³/mol. The Bertz CT molecular complexity index is 512. The molecule has 1 unspecified atom stereocenters. The number of likely N-dealkylation sites (tertiary alicyclic amines) is 1. The number of methoxy groups -OCH3 is 1. The molecule has 1 saturated heterocycles. The third-order valence-corrected chi connectivity index (χ3v) is 3.97. The fourth-order valence-corrected chi connectivity index (χ4v) is 2.51. The third-order valence-electron chi connectivity index (χ3n) is 3.97. The molecular weight excluding hydrogens is 295 g/mol. The number of rotatable bonds is 4. The predicted octanol–water partition coefficient (Wildman–Crippen LogP) is 2.00. The van der Waals surface area contributed by atoms with Gasteiger partial charge in [-0.25, -0.2) is 4.39 Å². The molecule has 0 bridgehead atoms. The van der Waals surface area contributed by atoms with Gasteiger partial charge in [0.15, 0.2) is 11.6 Å². The van der Waals surface area contributed by atoms with E-state index in [1.807, 2.05) is 4.90 Å². The van der Waals surface area contributed by atoms with Crippen LogP contribution in [0.4, 0.5) is 4.39 Å². The van der Waals surface area contributed by atoms with Gasteiger partial charge in [-0.05, 0) is 36.1 Å². The molecule has 21 heavy (non-hydrogen) atoms. The van der Waals surface area contributed by atoms with Crippen LogP contribution in [0.25, 0.3) is 0 Å². The number of hydrogen-bond acceptors (Lipinski definition) is 3. The zero-order valence-electron chi connectivity index (χ0n) is 12.4. The Balaban J connectivity index is 0.00000220. The SMILES string of the molecule is COc1ccc(CC(=O)N2CCC(C)(CN)C2)cc1F.Cl. The van der Waals surface area contributed by atoms with E-state index in [1.165, 1.54) is 13.2 Å².